The van der Waals surface area contributed by atoms with Crippen LogP contribution in [0.5, 0.6) is 5.75 Å². The first-order valence-corrected chi connectivity index (χ1v) is 7.76. The number of para-hydroxylation sites is 2. The van der Waals surface area contributed by atoms with E-state index in [9.17, 15) is 0 Å². The molecule has 0 atom stereocenters. The number of rotatable bonds is 4. The Hall–Kier alpha value is -3.14. The second-order valence-corrected chi connectivity index (χ2v) is 5.51. The Morgan fingerprint density at radius 2 is 1.88 bits per heavy atom. The van der Waals surface area contributed by atoms with E-state index >= 15 is 0 Å². The first-order chi connectivity index (χ1) is 11.8. The molecule has 0 aliphatic heterocycles. The van der Waals surface area contributed by atoms with Crippen LogP contribution in [0.2, 0.25) is 0 Å². The summed E-state index contributed by atoms with van der Waals surface area (Å²) in [4.78, 5) is 8.91. The maximum atomic E-state index is 5.83. The lowest BCUT2D eigenvalue weighted by molar-refractivity contribution is 0.410. The summed E-state index contributed by atoms with van der Waals surface area (Å²) in [6.45, 7) is 0. The fourth-order valence-electron chi connectivity index (χ4n) is 2.72. The van der Waals surface area contributed by atoms with Gasteiger partial charge in [-0.25, -0.2) is 4.98 Å². The Balaban J connectivity index is 1.70. The molecule has 0 fully saturated rings. The number of pyridine rings is 1. The molecule has 0 radical (unpaired) electrons. The van der Waals surface area contributed by atoms with Crippen LogP contribution in [0.15, 0.2) is 71.3 Å². The minimum absolute atomic E-state index is 0.596. The van der Waals surface area contributed by atoms with E-state index in [1.807, 2.05) is 60.7 Å². The molecule has 4 heteroatoms. The van der Waals surface area contributed by atoms with Gasteiger partial charge in [-0.2, -0.15) is 0 Å². The summed E-state index contributed by atoms with van der Waals surface area (Å²) < 4.78 is 11.4. The van der Waals surface area contributed by atoms with E-state index in [0.717, 1.165) is 40.1 Å². The Kier molecular flexibility index (Phi) is 3.71. The third-order valence-corrected chi connectivity index (χ3v) is 3.93. The van der Waals surface area contributed by atoms with Crippen molar-refractivity contribution in [3.63, 3.8) is 0 Å². The summed E-state index contributed by atoms with van der Waals surface area (Å²) in [6.07, 6.45) is 2.52. The summed E-state index contributed by atoms with van der Waals surface area (Å²) in [5.41, 5.74) is 4.61. The van der Waals surface area contributed by atoms with Gasteiger partial charge in [-0.1, -0.05) is 24.3 Å². The standard InChI is InChI=1S/C20H16N2O2/c1-23-19-13-15(20-22-17-7-2-3-8-18(17)24-20)10-9-14(19)12-16-6-4-5-11-21-16/h2-11,13H,12H2,1H3. The van der Waals surface area contributed by atoms with Crippen LogP contribution >= 0.6 is 0 Å². The zero-order chi connectivity index (χ0) is 16.4. The third kappa shape index (κ3) is 2.74. The minimum Gasteiger partial charge on any atom is -0.496 e. The van der Waals surface area contributed by atoms with Gasteiger partial charge < -0.3 is 9.15 Å². The van der Waals surface area contributed by atoms with E-state index in [-0.39, 0.29) is 0 Å². The number of methoxy groups -OCH3 is 1. The Bertz CT molecular complexity index is 944. The van der Waals surface area contributed by atoms with Crippen molar-refractivity contribution in [2.45, 2.75) is 6.42 Å². The Morgan fingerprint density at radius 3 is 2.67 bits per heavy atom. The number of ether oxygens (including phenoxy) is 1. The van der Waals surface area contributed by atoms with Crippen molar-refractivity contribution in [3.05, 3.63) is 78.1 Å². The molecule has 2 aromatic heterocycles. The van der Waals surface area contributed by atoms with Gasteiger partial charge in [-0.05, 0) is 36.4 Å². The van der Waals surface area contributed by atoms with Crippen LogP contribution < -0.4 is 4.74 Å². The SMILES string of the molecule is COc1cc(-c2nc3ccccc3o2)ccc1Cc1ccccn1. The van der Waals surface area contributed by atoms with Crippen molar-refractivity contribution >= 4 is 11.1 Å². The lowest BCUT2D eigenvalue weighted by Crippen LogP contribution is -1.96. The maximum Gasteiger partial charge on any atom is 0.227 e. The molecule has 4 nitrogen and oxygen atoms in total. The summed E-state index contributed by atoms with van der Waals surface area (Å²) in [5.74, 6) is 1.40. The molecule has 0 bridgehead atoms. The topological polar surface area (TPSA) is 48.2 Å². The smallest absolute Gasteiger partial charge is 0.227 e. The lowest BCUT2D eigenvalue weighted by Gasteiger charge is -2.09. The quantitative estimate of drug-likeness (QED) is 0.556. The fraction of sp³-hybridized carbons (Fsp3) is 0.100. The highest BCUT2D eigenvalue weighted by Gasteiger charge is 2.12. The highest BCUT2D eigenvalue weighted by atomic mass is 16.5. The fourth-order valence-corrected chi connectivity index (χ4v) is 2.72. The highest BCUT2D eigenvalue weighted by molar-refractivity contribution is 5.76. The molecule has 0 N–H and O–H groups in total. The van der Waals surface area contributed by atoms with Gasteiger partial charge in [0.1, 0.15) is 11.3 Å². The first-order valence-electron chi connectivity index (χ1n) is 7.76. The van der Waals surface area contributed by atoms with Crippen LogP contribution in [0, 0.1) is 0 Å². The second kappa shape index (κ2) is 6.16. The summed E-state index contributed by atoms with van der Waals surface area (Å²) >= 11 is 0. The third-order valence-electron chi connectivity index (χ3n) is 3.93. The van der Waals surface area contributed by atoms with Crippen molar-refractivity contribution in [1.29, 1.82) is 0 Å². The van der Waals surface area contributed by atoms with Crippen LogP contribution in [0.25, 0.3) is 22.6 Å². The molecule has 0 unspecified atom stereocenters. The van der Waals surface area contributed by atoms with E-state index in [1.54, 1.807) is 13.3 Å². The van der Waals surface area contributed by atoms with E-state index in [1.165, 1.54) is 0 Å². The molecular weight excluding hydrogens is 300 g/mol. The van der Waals surface area contributed by atoms with Gasteiger partial charge in [-0.3, -0.25) is 4.98 Å². The first kappa shape index (κ1) is 14.5. The van der Waals surface area contributed by atoms with Crippen molar-refractivity contribution in [2.75, 3.05) is 7.11 Å². The molecule has 0 spiro atoms. The molecule has 4 rings (SSSR count). The van der Waals surface area contributed by atoms with Crippen molar-refractivity contribution < 1.29 is 9.15 Å². The summed E-state index contributed by atoms with van der Waals surface area (Å²) in [6, 6.07) is 19.7. The lowest BCUT2D eigenvalue weighted by atomic mass is 10.1. The van der Waals surface area contributed by atoms with E-state index < -0.39 is 0 Å². The minimum atomic E-state index is 0.596. The van der Waals surface area contributed by atoms with E-state index in [2.05, 4.69) is 9.97 Å². The number of hydrogen-bond donors (Lipinski definition) is 0. The van der Waals surface area contributed by atoms with Crippen molar-refractivity contribution in [2.24, 2.45) is 0 Å². The summed E-state index contributed by atoms with van der Waals surface area (Å²) in [7, 11) is 1.67. The molecule has 2 heterocycles. The van der Waals surface area contributed by atoms with E-state index in [0.29, 0.717) is 5.89 Å². The summed E-state index contributed by atoms with van der Waals surface area (Å²) in [5, 5.41) is 0. The zero-order valence-electron chi connectivity index (χ0n) is 13.3. The van der Waals surface area contributed by atoms with Gasteiger partial charge in [0.2, 0.25) is 5.89 Å². The second-order valence-electron chi connectivity index (χ2n) is 5.51. The van der Waals surface area contributed by atoms with Crippen LogP contribution in [0.1, 0.15) is 11.3 Å². The molecule has 0 aliphatic carbocycles. The normalized spacial score (nSPS) is 10.9. The predicted molar refractivity (Wildman–Crippen MR) is 93.0 cm³/mol. The maximum absolute atomic E-state index is 5.83. The molecule has 2 aromatic carbocycles. The van der Waals surface area contributed by atoms with Gasteiger partial charge in [0.15, 0.2) is 5.58 Å². The molecule has 0 saturated carbocycles. The molecule has 4 aromatic rings. The van der Waals surface area contributed by atoms with Crippen LogP contribution in [-0.2, 0) is 6.42 Å². The van der Waals surface area contributed by atoms with Crippen LogP contribution in [0.4, 0.5) is 0 Å². The van der Waals surface area contributed by atoms with Gasteiger partial charge in [-0.15, -0.1) is 0 Å². The number of fused-ring (bicyclic) bond motifs is 1. The van der Waals surface area contributed by atoms with Crippen LogP contribution in [-0.4, -0.2) is 17.1 Å². The molecular formula is C20H16N2O2. The zero-order valence-corrected chi connectivity index (χ0v) is 13.3. The van der Waals surface area contributed by atoms with Gasteiger partial charge in [0, 0.05) is 29.4 Å². The monoisotopic (exact) mass is 316 g/mol. The predicted octanol–water partition coefficient (Wildman–Crippen LogP) is 4.49. The van der Waals surface area contributed by atoms with Gasteiger partial charge in [0.05, 0.1) is 7.11 Å². The molecule has 24 heavy (non-hydrogen) atoms. The average Bonchev–Trinajstić information content (AvgIpc) is 3.07. The number of hydrogen-bond acceptors (Lipinski definition) is 4. The van der Waals surface area contributed by atoms with Crippen LogP contribution in [0.3, 0.4) is 0 Å². The number of aromatic nitrogens is 2. The van der Waals surface area contributed by atoms with Crippen molar-refractivity contribution in [3.8, 4) is 17.2 Å². The number of nitrogens with zero attached hydrogens (tertiary/aromatic N) is 2. The van der Waals surface area contributed by atoms with E-state index in [4.69, 9.17) is 9.15 Å². The molecule has 118 valence electrons. The molecule has 0 aliphatic rings. The highest BCUT2D eigenvalue weighted by Crippen LogP contribution is 2.30. The number of benzene rings is 2. The average molecular weight is 316 g/mol. The largest absolute Gasteiger partial charge is 0.496 e. The van der Waals surface area contributed by atoms with Crippen molar-refractivity contribution in [1.82, 2.24) is 9.97 Å². The molecule has 0 saturated heterocycles. The van der Waals surface area contributed by atoms with Gasteiger partial charge in [0.25, 0.3) is 0 Å². The van der Waals surface area contributed by atoms with Gasteiger partial charge >= 0.3 is 0 Å². The molecule has 0 amide bonds. The Labute approximate surface area is 139 Å². The Morgan fingerprint density at radius 1 is 1.00 bits per heavy atom. The number of oxazole rings is 1.